The van der Waals surface area contributed by atoms with Gasteiger partial charge in [0.05, 0.1) is 18.2 Å². The molecule has 19 heavy (non-hydrogen) atoms. The van der Waals surface area contributed by atoms with Gasteiger partial charge in [-0.15, -0.1) is 0 Å². The van der Waals surface area contributed by atoms with Gasteiger partial charge in [-0.05, 0) is 33.4 Å². The van der Waals surface area contributed by atoms with Gasteiger partial charge in [-0.25, -0.2) is 0 Å². The summed E-state index contributed by atoms with van der Waals surface area (Å²) >= 11 is 0. The molecule has 3 nitrogen and oxygen atoms in total. The summed E-state index contributed by atoms with van der Waals surface area (Å²) in [6, 6.07) is 8.35. The first-order valence-electron chi connectivity index (χ1n) is 7.09. The molecule has 0 bridgehead atoms. The molecule has 108 valence electrons. The van der Waals surface area contributed by atoms with Crippen LogP contribution in [0.15, 0.2) is 24.3 Å². The molecule has 1 aromatic carbocycles. The molecule has 0 aliphatic rings. The third-order valence-corrected chi connectivity index (χ3v) is 3.18. The lowest BCUT2D eigenvalue weighted by atomic mass is 9.97. The summed E-state index contributed by atoms with van der Waals surface area (Å²) in [7, 11) is 3.75. The molecule has 0 saturated carbocycles. The van der Waals surface area contributed by atoms with Gasteiger partial charge in [0, 0.05) is 12.7 Å². The first-order chi connectivity index (χ1) is 9.13. The SMILES string of the molecule is CCCC(OC)C(NC)c1ccccc1OC(C)C. The van der Waals surface area contributed by atoms with E-state index in [0.717, 1.165) is 18.6 Å². The quantitative estimate of drug-likeness (QED) is 0.779. The van der Waals surface area contributed by atoms with E-state index in [1.807, 2.05) is 39.1 Å². The maximum absolute atomic E-state index is 5.91. The Morgan fingerprint density at radius 3 is 2.42 bits per heavy atom. The number of hydrogen-bond acceptors (Lipinski definition) is 3. The average molecular weight is 265 g/mol. The van der Waals surface area contributed by atoms with Gasteiger partial charge in [-0.2, -0.15) is 0 Å². The molecule has 0 aliphatic heterocycles. The van der Waals surface area contributed by atoms with Crippen LogP contribution < -0.4 is 10.1 Å². The van der Waals surface area contributed by atoms with E-state index < -0.39 is 0 Å². The summed E-state index contributed by atoms with van der Waals surface area (Å²) in [5.41, 5.74) is 1.17. The van der Waals surface area contributed by atoms with Gasteiger partial charge in [0.2, 0.25) is 0 Å². The first kappa shape index (κ1) is 16.0. The highest BCUT2D eigenvalue weighted by atomic mass is 16.5. The molecule has 0 heterocycles. The van der Waals surface area contributed by atoms with Crippen LogP contribution in [0.2, 0.25) is 0 Å². The number of nitrogens with one attached hydrogen (secondary N) is 1. The predicted octanol–water partition coefficient (Wildman–Crippen LogP) is 3.55. The summed E-state index contributed by atoms with van der Waals surface area (Å²) in [5, 5.41) is 3.36. The van der Waals surface area contributed by atoms with Crippen LogP contribution in [0.1, 0.15) is 45.2 Å². The molecule has 0 spiro atoms. The third kappa shape index (κ3) is 4.51. The Morgan fingerprint density at radius 1 is 1.21 bits per heavy atom. The van der Waals surface area contributed by atoms with Crippen molar-refractivity contribution in [2.24, 2.45) is 0 Å². The molecule has 0 fully saturated rings. The maximum atomic E-state index is 5.91. The molecule has 2 atom stereocenters. The van der Waals surface area contributed by atoms with Crippen molar-refractivity contribution in [3.63, 3.8) is 0 Å². The Kier molecular flexibility index (Phi) is 6.89. The Balaban J connectivity index is 3.02. The van der Waals surface area contributed by atoms with Crippen molar-refractivity contribution in [3.8, 4) is 5.75 Å². The molecule has 0 saturated heterocycles. The van der Waals surface area contributed by atoms with Crippen LogP contribution in [-0.4, -0.2) is 26.4 Å². The van der Waals surface area contributed by atoms with Gasteiger partial charge >= 0.3 is 0 Å². The maximum Gasteiger partial charge on any atom is 0.124 e. The van der Waals surface area contributed by atoms with Crippen molar-refractivity contribution >= 4 is 0 Å². The van der Waals surface area contributed by atoms with Crippen LogP contribution in [0.25, 0.3) is 0 Å². The molecule has 3 heteroatoms. The molecule has 0 aromatic heterocycles. The number of likely N-dealkylation sites (N-methyl/N-ethyl adjacent to an activating group) is 1. The van der Waals surface area contributed by atoms with Crippen LogP contribution in [0, 0.1) is 0 Å². The molecule has 0 radical (unpaired) electrons. The van der Waals surface area contributed by atoms with E-state index in [1.165, 1.54) is 5.56 Å². The zero-order chi connectivity index (χ0) is 14.3. The van der Waals surface area contributed by atoms with Crippen LogP contribution in [0.4, 0.5) is 0 Å². The van der Waals surface area contributed by atoms with E-state index in [0.29, 0.717) is 0 Å². The Labute approximate surface area is 117 Å². The number of methoxy groups -OCH3 is 1. The second-order valence-corrected chi connectivity index (χ2v) is 5.03. The molecule has 1 aromatic rings. The standard InChI is InChI=1S/C16H27NO2/c1-6-9-15(18-5)16(17-4)13-10-7-8-11-14(13)19-12(2)3/h7-8,10-12,15-17H,6,9H2,1-5H3. The van der Waals surface area contributed by atoms with E-state index in [9.17, 15) is 0 Å². The van der Waals surface area contributed by atoms with Gasteiger partial charge in [0.1, 0.15) is 5.75 Å². The van der Waals surface area contributed by atoms with Crippen molar-refractivity contribution in [1.29, 1.82) is 0 Å². The highest BCUT2D eigenvalue weighted by molar-refractivity contribution is 5.36. The largest absolute Gasteiger partial charge is 0.491 e. The van der Waals surface area contributed by atoms with Gasteiger partial charge in [0.15, 0.2) is 0 Å². The van der Waals surface area contributed by atoms with E-state index >= 15 is 0 Å². The fourth-order valence-corrected chi connectivity index (χ4v) is 2.35. The predicted molar refractivity (Wildman–Crippen MR) is 79.7 cm³/mol. The average Bonchev–Trinajstić information content (AvgIpc) is 2.39. The number of hydrogen-bond donors (Lipinski definition) is 1. The van der Waals surface area contributed by atoms with Gasteiger partial charge in [0.25, 0.3) is 0 Å². The van der Waals surface area contributed by atoms with Crippen molar-refractivity contribution in [2.75, 3.05) is 14.2 Å². The minimum absolute atomic E-state index is 0.153. The molecule has 1 N–H and O–H groups in total. The van der Waals surface area contributed by atoms with E-state index in [2.05, 4.69) is 18.3 Å². The van der Waals surface area contributed by atoms with Crippen molar-refractivity contribution in [2.45, 2.75) is 51.9 Å². The van der Waals surface area contributed by atoms with Gasteiger partial charge in [-0.3, -0.25) is 0 Å². The summed E-state index contributed by atoms with van der Waals surface area (Å²) in [6.07, 6.45) is 2.46. The van der Waals surface area contributed by atoms with Crippen molar-refractivity contribution < 1.29 is 9.47 Å². The second kappa shape index (κ2) is 8.18. The summed E-state index contributed by atoms with van der Waals surface area (Å²) in [6.45, 7) is 6.27. The van der Waals surface area contributed by atoms with E-state index in [1.54, 1.807) is 7.11 Å². The second-order valence-electron chi connectivity index (χ2n) is 5.03. The highest BCUT2D eigenvalue weighted by Crippen LogP contribution is 2.30. The highest BCUT2D eigenvalue weighted by Gasteiger charge is 2.23. The minimum atomic E-state index is 0.153. The fraction of sp³-hybridized carbons (Fsp3) is 0.625. The van der Waals surface area contributed by atoms with Crippen LogP contribution in [-0.2, 0) is 4.74 Å². The van der Waals surface area contributed by atoms with E-state index in [-0.39, 0.29) is 18.2 Å². The smallest absolute Gasteiger partial charge is 0.124 e. The lowest BCUT2D eigenvalue weighted by Gasteiger charge is -2.28. The lowest BCUT2D eigenvalue weighted by Crippen LogP contribution is -2.31. The lowest BCUT2D eigenvalue weighted by molar-refractivity contribution is 0.0616. The normalized spacial score (nSPS) is 14.4. The minimum Gasteiger partial charge on any atom is -0.491 e. The molecular weight excluding hydrogens is 238 g/mol. The zero-order valence-corrected chi connectivity index (χ0v) is 12.8. The Morgan fingerprint density at radius 2 is 1.89 bits per heavy atom. The Hall–Kier alpha value is -1.06. The molecule has 0 aliphatic carbocycles. The zero-order valence-electron chi connectivity index (χ0n) is 12.8. The third-order valence-electron chi connectivity index (χ3n) is 3.18. The molecular formula is C16H27NO2. The summed E-state index contributed by atoms with van der Waals surface area (Å²) in [5.74, 6) is 0.940. The molecule has 2 unspecified atom stereocenters. The number of ether oxygens (including phenoxy) is 2. The molecule has 0 amide bonds. The number of benzene rings is 1. The van der Waals surface area contributed by atoms with Crippen LogP contribution in [0.5, 0.6) is 5.75 Å². The fourth-order valence-electron chi connectivity index (χ4n) is 2.35. The summed E-state index contributed by atoms with van der Waals surface area (Å²) in [4.78, 5) is 0. The van der Waals surface area contributed by atoms with Gasteiger partial charge < -0.3 is 14.8 Å². The Bertz CT molecular complexity index is 366. The van der Waals surface area contributed by atoms with E-state index in [4.69, 9.17) is 9.47 Å². The number of para-hydroxylation sites is 1. The van der Waals surface area contributed by atoms with Crippen molar-refractivity contribution in [1.82, 2.24) is 5.32 Å². The summed E-state index contributed by atoms with van der Waals surface area (Å²) < 4.78 is 11.5. The van der Waals surface area contributed by atoms with Crippen LogP contribution >= 0.6 is 0 Å². The topological polar surface area (TPSA) is 30.5 Å². The number of rotatable bonds is 8. The molecule has 1 rings (SSSR count). The monoisotopic (exact) mass is 265 g/mol. The first-order valence-corrected chi connectivity index (χ1v) is 7.09. The van der Waals surface area contributed by atoms with Crippen molar-refractivity contribution in [3.05, 3.63) is 29.8 Å². The van der Waals surface area contributed by atoms with Gasteiger partial charge in [-0.1, -0.05) is 31.5 Å². The van der Waals surface area contributed by atoms with Crippen LogP contribution in [0.3, 0.4) is 0 Å².